The van der Waals surface area contributed by atoms with Crippen molar-refractivity contribution < 1.29 is 0 Å². The van der Waals surface area contributed by atoms with E-state index in [1.807, 2.05) is 12.2 Å². The van der Waals surface area contributed by atoms with Gasteiger partial charge in [-0.1, -0.05) is 69.5 Å². The second-order valence-corrected chi connectivity index (χ2v) is 5.39. The largest absolute Gasteiger partial charge is 0.314 e. The van der Waals surface area contributed by atoms with E-state index in [9.17, 15) is 0 Å². The maximum atomic E-state index is 6.73. The van der Waals surface area contributed by atoms with Gasteiger partial charge >= 0.3 is 0 Å². The summed E-state index contributed by atoms with van der Waals surface area (Å²) in [4.78, 5) is 0. The van der Waals surface area contributed by atoms with Crippen molar-refractivity contribution in [3.8, 4) is 0 Å². The van der Waals surface area contributed by atoms with Crippen LogP contribution in [0.15, 0.2) is 67.3 Å². The topological polar surface area (TPSA) is 26.0 Å². The van der Waals surface area contributed by atoms with Crippen LogP contribution in [0.3, 0.4) is 0 Å². The molecule has 1 aromatic carbocycles. The van der Waals surface area contributed by atoms with Gasteiger partial charge in [0.15, 0.2) is 0 Å². The standard InChI is InChI=1S/C19H23N/c1-5-8-15-10-11-16-12-14(4)19(20,18(16)13-15)17(7-3)9-6-2/h6-7,9-11,13H,2-5,8,12,20H2,1H3/b17-9+. The highest BCUT2D eigenvalue weighted by molar-refractivity contribution is 5.59. The molecule has 2 rings (SSSR count). The molecule has 1 nitrogen and oxygen atoms in total. The molecule has 1 atom stereocenters. The molecule has 0 fully saturated rings. The molecule has 1 unspecified atom stereocenters. The zero-order chi connectivity index (χ0) is 14.8. The molecule has 0 spiro atoms. The van der Waals surface area contributed by atoms with Gasteiger partial charge in [0.1, 0.15) is 0 Å². The number of hydrogen-bond acceptors (Lipinski definition) is 1. The van der Waals surface area contributed by atoms with E-state index < -0.39 is 5.54 Å². The van der Waals surface area contributed by atoms with Crippen LogP contribution in [0.1, 0.15) is 30.0 Å². The van der Waals surface area contributed by atoms with Crippen LogP contribution in [0.5, 0.6) is 0 Å². The van der Waals surface area contributed by atoms with E-state index in [1.54, 1.807) is 6.08 Å². The molecule has 0 heterocycles. The molecule has 0 saturated heterocycles. The number of benzene rings is 1. The molecule has 1 heteroatoms. The first kappa shape index (κ1) is 14.5. The van der Waals surface area contributed by atoms with Crippen LogP contribution >= 0.6 is 0 Å². The quantitative estimate of drug-likeness (QED) is 0.626. The van der Waals surface area contributed by atoms with Gasteiger partial charge in [-0.25, -0.2) is 0 Å². The summed E-state index contributed by atoms with van der Waals surface area (Å²) in [6.07, 6.45) is 8.54. The average Bonchev–Trinajstić information content (AvgIpc) is 2.69. The Balaban J connectivity index is 2.60. The second kappa shape index (κ2) is 5.64. The van der Waals surface area contributed by atoms with Crippen molar-refractivity contribution in [2.24, 2.45) is 5.73 Å². The normalized spacial score (nSPS) is 21.7. The summed E-state index contributed by atoms with van der Waals surface area (Å²) >= 11 is 0. The van der Waals surface area contributed by atoms with E-state index in [2.05, 4.69) is 44.9 Å². The summed E-state index contributed by atoms with van der Waals surface area (Å²) in [6, 6.07) is 6.62. The van der Waals surface area contributed by atoms with Crippen molar-refractivity contribution in [1.29, 1.82) is 0 Å². The molecule has 0 aromatic heterocycles. The molecule has 1 aliphatic rings. The number of hydrogen-bond donors (Lipinski definition) is 1. The number of nitrogens with two attached hydrogens (primary N) is 1. The smallest absolute Gasteiger partial charge is 0.0885 e. The van der Waals surface area contributed by atoms with E-state index in [4.69, 9.17) is 5.73 Å². The second-order valence-electron chi connectivity index (χ2n) is 5.39. The molecule has 104 valence electrons. The minimum Gasteiger partial charge on any atom is -0.314 e. The lowest BCUT2D eigenvalue weighted by atomic mass is 9.81. The Morgan fingerprint density at radius 2 is 2.15 bits per heavy atom. The van der Waals surface area contributed by atoms with E-state index in [0.29, 0.717) is 0 Å². The fourth-order valence-corrected chi connectivity index (χ4v) is 3.00. The van der Waals surface area contributed by atoms with Gasteiger partial charge in [-0.3, -0.25) is 0 Å². The summed E-state index contributed by atoms with van der Waals surface area (Å²) in [6.45, 7) is 14.1. The van der Waals surface area contributed by atoms with Crippen molar-refractivity contribution >= 4 is 0 Å². The Hall–Kier alpha value is -1.86. The Bertz CT molecular complexity index is 592. The minimum atomic E-state index is -0.630. The summed E-state index contributed by atoms with van der Waals surface area (Å²) in [7, 11) is 0. The van der Waals surface area contributed by atoms with Crippen LogP contribution in [-0.4, -0.2) is 0 Å². The lowest BCUT2D eigenvalue weighted by Crippen LogP contribution is -2.37. The third-order valence-corrected chi connectivity index (χ3v) is 4.07. The molecular formula is C19H23N. The van der Waals surface area contributed by atoms with Crippen LogP contribution in [0, 0.1) is 0 Å². The van der Waals surface area contributed by atoms with Gasteiger partial charge in [0, 0.05) is 0 Å². The Kier molecular flexibility index (Phi) is 4.10. The number of aryl methyl sites for hydroxylation is 1. The van der Waals surface area contributed by atoms with E-state index in [1.165, 1.54) is 16.7 Å². The Morgan fingerprint density at radius 1 is 1.40 bits per heavy atom. The zero-order valence-electron chi connectivity index (χ0n) is 12.3. The first-order valence-corrected chi connectivity index (χ1v) is 7.13. The zero-order valence-corrected chi connectivity index (χ0v) is 12.3. The van der Waals surface area contributed by atoms with Gasteiger partial charge in [0.2, 0.25) is 0 Å². The van der Waals surface area contributed by atoms with Gasteiger partial charge in [-0.15, -0.1) is 0 Å². The van der Waals surface area contributed by atoms with Crippen LogP contribution in [0.25, 0.3) is 0 Å². The summed E-state index contributed by atoms with van der Waals surface area (Å²) < 4.78 is 0. The van der Waals surface area contributed by atoms with Crippen LogP contribution in [0.4, 0.5) is 0 Å². The molecule has 0 bridgehead atoms. The predicted molar refractivity (Wildman–Crippen MR) is 87.6 cm³/mol. The summed E-state index contributed by atoms with van der Waals surface area (Å²) in [5.41, 5.74) is 11.9. The number of allylic oxidation sites excluding steroid dienone is 2. The van der Waals surface area contributed by atoms with Crippen molar-refractivity contribution in [3.05, 3.63) is 84.0 Å². The van der Waals surface area contributed by atoms with Crippen LogP contribution in [0.2, 0.25) is 0 Å². The Labute approximate surface area is 122 Å². The molecule has 2 N–H and O–H groups in total. The lowest BCUT2D eigenvalue weighted by Gasteiger charge is -2.29. The van der Waals surface area contributed by atoms with E-state index in [0.717, 1.165) is 30.4 Å². The molecule has 0 saturated carbocycles. The minimum absolute atomic E-state index is 0.630. The first-order chi connectivity index (χ1) is 9.57. The van der Waals surface area contributed by atoms with Gasteiger partial charge < -0.3 is 5.73 Å². The fourth-order valence-electron chi connectivity index (χ4n) is 3.00. The molecule has 0 aliphatic heterocycles. The van der Waals surface area contributed by atoms with Crippen LogP contribution < -0.4 is 5.73 Å². The van der Waals surface area contributed by atoms with Crippen molar-refractivity contribution in [3.63, 3.8) is 0 Å². The molecule has 1 aromatic rings. The maximum Gasteiger partial charge on any atom is 0.0885 e. The molecule has 0 amide bonds. The van der Waals surface area contributed by atoms with Gasteiger partial charge in [-0.05, 0) is 40.7 Å². The number of fused-ring (bicyclic) bond motifs is 1. The third kappa shape index (κ3) is 2.19. The molecular weight excluding hydrogens is 242 g/mol. The van der Waals surface area contributed by atoms with Crippen molar-refractivity contribution in [2.45, 2.75) is 31.7 Å². The Morgan fingerprint density at radius 3 is 2.75 bits per heavy atom. The highest BCUT2D eigenvalue weighted by Gasteiger charge is 2.40. The van der Waals surface area contributed by atoms with Crippen molar-refractivity contribution in [2.75, 3.05) is 0 Å². The van der Waals surface area contributed by atoms with Gasteiger partial charge in [-0.2, -0.15) is 0 Å². The SMILES string of the molecule is C=C/C=C(\C=C)C1(N)C(=C)Cc2ccc(CCC)cc21. The summed E-state index contributed by atoms with van der Waals surface area (Å²) in [5.74, 6) is 0. The molecule has 0 radical (unpaired) electrons. The van der Waals surface area contributed by atoms with Crippen LogP contribution in [-0.2, 0) is 18.4 Å². The predicted octanol–water partition coefficient (Wildman–Crippen LogP) is 4.20. The highest BCUT2D eigenvalue weighted by atomic mass is 14.8. The average molecular weight is 265 g/mol. The lowest BCUT2D eigenvalue weighted by molar-refractivity contribution is 0.656. The van der Waals surface area contributed by atoms with Gasteiger partial charge in [0.05, 0.1) is 5.54 Å². The monoisotopic (exact) mass is 265 g/mol. The third-order valence-electron chi connectivity index (χ3n) is 4.07. The molecule has 1 aliphatic carbocycles. The highest BCUT2D eigenvalue weighted by Crippen LogP contribution is 2.44. The fraction of sp³-hybridized carbons (Fsp3) is 0.263. The van der Waals surface area contributed by atoms with E-state index >= 15 is 0 Å². The first-order valence-electron chi connectivity index (χ1n) is 7.13. The summed E-state index contributed by atoms with van der Waals surface area (Å²) in [5, 5.41) is 0. The van der Waals surface area contributed by atoms with Crippen molar-refractivity contribution in [1.82, 2.24) is 0 Å². The van der Waals surface area contributed by atoms with E-state index in [-0.39, 0.29) is 0 Å². The van der Waals surface area contributed by atoms with Gasteiger partial charge in [0.25, 0.3) is 0 Å². The molecule has 20 heavy (non-hydrogen) atoms. The number of rotatable bonds is 5. The maximum absolute atomic E-state index is 6.73.